The van der Waals surface area contributed by atoms with E-state index in [2.05, 4.69) is 37.4 Å². The van der Waals surface area contributed by atoms with Gasteiger partial charge in [0.2, 0.25) is 0 Å². The molecule has 0 spiro atoms. The molecule has 14 heavy (non-hydrogen) atoms. The summed E-state index contributed by atoms with van der Waals surface area (Å²) in [4.78, 5) is 1.94. The van der Waals surface area contributed by atoms with E-state index >= 15 is 0 Å². The molecule has 2 heteroatoms. The summed E-state index contributed by atoms with van der Waals surface area (Å²) in [5.74, 6) is 0. The minimum atomic E-state index is 0.960. The van der Waals surface area contributed by atoms with Crippen LogP contribution < -0.4 is 0 Å². The van der Waals surface area contributed by atoms with Gasteiger partial charge in [-0.3, -0.25) is 0 Å². The Morgan fingerprint density at radius 1 is 0.786 bits per heavy atom. The van der Waals surface area contributed by atoms with Gasteiger partial charge < -0.3 is 0 Å². The Bertz CT molecular complexity index is 435. The topological polar surface area (TPSA) is 0 Å². The zero-order valence-electron chi connectivity index (χ0n) is 7.51. The van der Waals surface area contributed by atoms with Gasteiger partial charge in [0.25, 0.3) is 0 Å². The second-order valence-electron chi connectivity index (χ2n) is 3.07. The third-order valence-corrected chi connectivity index (χ3v) is 2.73. The molecule has 0 N–H and O–H groups in total. The number of benzene rings is 2. The summed E-state index contributed by atoms with van der Waals surface area (Å²) in [6.07, 6.45) is 0. The maximum Gasteiger partial charge on any atom is 0.0119 e. The van der Waals surface area contributed by atoms with E-state index in [1.54, 1.807) is 0 Å². The molecule has 0 atom stereocenters. The molecule has 2 rings (SSSR count). The average molecular weight is 218 g/mol. The SMILES string of the molecule is Sc1ccc(S)c(-c2ccccc2)c1. The molecule has 0 bridgehead atoms. The van der Waals surface area contributed by atoms with Crippen LogP contribution in [0.1, 0.15) is 0 Å². The Morgan fingerprint density at radius 3 is 2.21 bits per heavy atom. The molecule has 0 saturated carbocycles. The largest absolute Gasteiger partial charge is 0.143 e. The van der Waals surface area contributed by atoms with Crippen molar-refractivity contribution in [2.24, 2.45) is 0 Å². The highest BCUT2D eigenvalue weighted by molar-refractivity contribution is 7.80. The number of rotatable bonds is 1. The molecule has 2 aromatic rings. The minimum absolute atomic E-state index is 0.960. The van der Waals surface area contributed by atoms with E-state index in [0.29, 0.717) is 0 Å². The lowest BCUT2D eigenvalue weighted by molar-refractivity contribution is 1.36. The summed E-state index contributed by atoms with van der Waals surface area (Å²) in [5.41, 5.74) is 2.30. The Labute approximate surface area is 94.8 Å². The second-order valence-corrected chi connectivity index (χ2v) is 4.07. The fourth-order valence-electron chi connectivity index (χ4n) is 1.37. The molecule has 0 aliphatic heterocycles. The molecule has 0 fully saturated rings. The molecular formula is C12H10S2. The molecular weight excluding hydrogens is 208 g/mol. The Hall–Kier alpha value is -0.860. The maximum absolute atomic E-state index is 4.42. The zero-order valence-corrected chi connectivity index (χ0v) is 9.30. The van der Waals surface area contributed by atoms with Crippen LogP contribution in [0.2, 0.25) is 0 Å². The van der Waals surface area contributed by atoms with Gasteiger partial charge in [-0.2, -0.15) is 0 Å². The molecule has 0 aromatic heterocycles. The molecule has 0 amide bonds. The molecule has 0 saturated heterocycles. The van der Waals surface area contributed by atoms with Crippen molar-refractivity contribution >= 4 is 25.3 Å². The smallest absolute Gasteiger partial charge is 0.0119 e. The van der Waals surface area contributed by atoms with E-state index in [9.17, 15) is 0 Å². The van der Waals surface area contributed by atoms with Gasteiger partial charge >= 0.3 is 0 Å². The summed E-state index contributed by atoms with van der Waals surface area (Å²) >= 11 is 8.74. The van der Waals surface area contributed by atoms with Gasteiger partial charge in [-0.05, 0) is 29.3 Å². The molecule has 0 nitrogen and oxygen atoms in total. The van der Waals surface area contributed by atoms with Crippen LogP contribution in [0.3, 0.4) is 0 Å². The van der Waals surface area contributed by atoms with Crippen LogP contribution in [-0.4, -0.2) is 0 Å². The standard InChI is InChI=1S/C12H10S2/c13-10-6-7-12(14)11(8-10)9-4-2-1-3-5-9/h1-8,13-14H. The van der Waals surface area contributed by atoms with Crippen LogP contribution in [0.15, 0.2) is 58.3 Å². The first-order chi connectivity index (χ1) is 6.77. The summed E-state index contributed by atoms with van der Waals surface area (Å²) in [6.45, 7) is 0. The molecule has 0 aliphatic rings. The quantitative estimate of drug-likeness (QED) is 0.666. The zero-order chi connectivity index (χ0) is 9.97. The second kappa shape index (κ2) is 4.11. The van der Waals surface area contributed by atoms with Crippen molar-refractivity contribution in [2.75, 3.05) is 0 Å². The Balaban J connectivity index is 2.57. The van der Waals surface area contributed by atoms with Gasteiger partial charge in [0.05, 0.1) is 0 Å². The summed E-state index contributed by atoms with van der Waals surface area (Å²) in [6, 6.07) is 16.1. The maximum atomic E-state index is 4.42. The molecule has 0 aliphatic carbocycles. The van der Waals surface area contributed by atoms with Crippen molar-refractivity contribution in [2.45, 2.75) is 9.79 Å². The highest BCUT2D eigenvalue weighted by atomic mass is 32.1. The predicted octanol–water partition coefficient (Wildman–Crippen LogP) is 3.93. The van der Waals surface area contributed by atoms with Crippen molar-refractivity contribution in [1.82, 2.24) is 0 Å². The van der Waals surface area contributed by atoms with Crippen LogP contribution in [0, 0.1) is 0 Å². The van der Waals surface area contributed by atoms with Crippen LogP contribution in [0.4, 0.5) is 0 Å². The minimum Gasteiger partial charge on any atom is -0.143 e. The number of hydrogen-bond acceptors (Lipinski definition) is 2. The van der Waals surface area contributed by atoms with Gasteiger partial charge in [-0.25, -0.2) is 0 Å². The lowest BCUT2D eigenvalue weighted by Gasteiger charge is -2.05. The van der Waals surface area contributed by atoms with E-state index in [1.807, 2.05) is 36.4 Å². The van der Waals surface area contributed by atoms with E-state index in [0.717, 1.165) is 15.4 Å². The fourth-order valence-corrected chi connectivity index (χ4v) is 1.84. The molecule has 2 aromatic carbocycles. The first-order valence-corrected chi connectivity index (χ1v) is 5.24. The summed E-state index contributed by atoms with van der Waals surface area (Å²) in [7, 11) is 0. The molecule has 70 valence electrons. The lowest BCUT2D eigenvalue weighted by Crippen LogP contribution is -1.79. The third kappa shape index (κ3) is 1.97. The van der Waals surface area contributed by atoms with Gasteiger partial charge in [-0.15, -0.1) is 25.3 Å². The molecule has 0 radical (unpaired) electrons. The van der Waals surface area contributed by atoms with Gasteiger partial charge in [0, 0.05) is 9.79 Å². The highest BCUT2D eigenvalue weighted by Gasteiger charge is 2.01. The molecule has 0 unspecified atom stereocenters. The first kappa shape index (κ1) is 9.69. The molecule has 0 heterocycles. The van der Waals surface area contributed by atoms with Gasteiger partial charge in [-0.1, -0.05) is 30.3 Å². The highest BCUT2D eigenvalue weighted by Crippen LogP contribution is 2.28. The van der Waals surface area contributed by atoms with Crippen molar-refractivity contribution in [1.29, 1.82) is 0 Å². The summed E-state index contributed by atoms with van der Waals surface area (Å²) < 4.78 is 0. The Morgan fingerprint density at radius 2 is 1.50 bits per heavy atom. The van der Waals surface area contributed by atoms with E-state index < -0.39 is 0 Å². The van der Waals surface area contributed by atoms with E-state index in [1.165, 1.54) is 5.56 Å². The number of hydrogen-bond donors (Lipinski definition) is 2. The van der Waals surface area contributed by atoms with Crippen molar-refractivity contribution < 1.29 is 0 Å². The predicted molar refractivity (Wildman–Crippen MR) is 66.4 cm³/mol. The van der Waals surface area contributed by atoms with Crippen molar-refractivity contribution in [3.8, 4) is 11.1 Å². The van der Waals surface area contributed by atoms with E-state index in [4.69, 9.17) is 0 Å². The monoisotopic (exact) mass is 218 g/mol. The van der Waals surface area contributed by atoms with Crippen LogP contribution in [-0.2, 0) is 0 Å². The average Bonchev–Trinajstić information content (AvgIpc) is 2.23. The van der Waals surface area contributed by atoms with Gasteiger partial charge in [0.1, 0.15) is 0 Å². The van der Waals surface area contributed by atoms with Crippen LogP contribution >= 0.6 is 25.3 Å². The Kier molecular flexibility index (Phi) is 2.85. The van der Waals surface area contributed by atoms with Crippen LogP contribution in [0.5, 0.6) is 0 Å². The number of thiol groups is 2. The van der Waals surface area contributed by atoms with Gasteiger partial charge in [0.15, 0.2) is 0 Å². The van der Waals surface area contributed by atoms with Crippen molar-refractivity contribution in [3.63, 3.8) is 0 Å². The normalized spacial score (nSPS) is 10.1. The van der Waals surface area contributed by atoms with E-state index in [-0.39, 0.29) is 0 Å². The first-order valence-electron chi connectivity index (χ1n) is 4.35. The third-order valence-electron chi connectivity index (χ3n) is 2.06. The fraction of sp³-hybridized carbons (Fsp3) is 0. The van der Waals surface area contributed by atoms with Crippen LogP contribution in [0.25, 0.3) is 11.1 Å². The summed E-state index contributed by atoms with van der Waals surface area (Å²) in [5, 5.41) is 0. The van der Waals surface area contributed by atoms with Crippen molar-refractivity contribution in [3.05, 3.63) is 48.5 Å². The lowest BCUT2D eigenvalue weighted by atomic mass is 10.1.